The molecule has 0 aromatic heterocycles. The van der Waals surface area contributed by atoms with Gasteiger partial charge in [0.1, 0.15) is 0 Å². The van der Waals surface area contributed by atoms with E-state index in [1.165, 1.54) is 24.8 Å². The number of rotatable bonds is 4. The van der Waals surface area contributed by atoms with Gasteiger partial charge in [0.15, 0.2) is 0 Å². The predicted molar refractivity (Wildman–Crippen MR) is 87.7 cm³/mol. The Labute approximate surface area is 132 Å². The first-order valence-corrected chi connectivity index (χ1v) is 8.27. The Morgan fingerprint density at radius 2 is 2.10 bits per heavy atom. The van der Waals surface area contributed by atoms with E-state index in [9.17, 15) is 0 Å². The maximum atomic E-state index is 6.49. The predicted octanol–water partition coefficient (Wildman–Crippen LogP) is 4.38. The summed E-state index contributed by atoms with van der Waals surface area (Å²) in [5.41, 5.74) is 1.18. The van der Waals surface area contributed by atoms with Crippen molar-refractivity contribution in [1.82, 2.24) is 10.2 Å². The first-order valence-electron chi connectivity index (χ1n) is 7.51. The Bertz CT molecular complexity index is 436. The van der Waals surface area contributed by atoms with Crippen LogP contribution in [-0.4, -0.2) is 31.6 Å². The number of nitrogens with zero attached hydrogens (tertiary/aromatic N) is 1. The van der Waals surface area contributed by atoms with Crippen molar-refractivity contribution >= 4 is 23.2 Å². The Hall–Kier alpha value is -0.280. The standard InChI is InChI=1S/C16H24Cl2N2/c1-3-20-10-5-4-7-12(11-19-2)16(20)13-8-6-9-14(17)15(13)18/h6,8-9,12,16,19H,3-5,7,10-11H2,1-2H3. The maximum absolute atomic E-state index is 6.49. The molecular formula is C16H24Cl2N2. The molecule has 0 radical (unpaired) electrons. The van der Waals surface area contributed by atoms with E-state index in [0.717, 1.165) is 24.7 Å². The highest BCUT2D eigenvalue weighted by molar-refractivity contribution is 6.42. The molecule has 0 amide bonds. The molecule has 1 fully saturated rings. The zero-order chi connectivity index (χ0) is 14.5. The van der Waals surface area contributed by atoms with Gasteiger partial charge in [0.25, 0.3) is 0 Å². The van der Waals surface area contributed by atoms with Gasteiger partial charge in [-0.1, -0.05) is 48.7 Å². The summed E-state index contributed by atoms with van der Waals surface area (Å²) in [6.07, 6.45) is 3.80. The molecule has 2 unspecified atom stereocenters. The highest BCUT2D eigenvalue weighted by atomic mass is 35.5. The summed E-state index contributed by atoms with van der Waals surface area (Å²) in [6, 6.07) is 6.38. The molecule has 1 saturated heterocycles. The second kappa shape index (κ2) is 7.65. The molecule has 1 heterocycles. The minimum absolute atomic E-state index is 0.362. The zero-order valence-electron chi connectivity index (χ0n) is 12.3. The van der Waals surface area contributed by atoms with Crippen molar-refractivity contribution in [3.05, 3.63) is 33.8 Å². The van der Waals surface area contributed by atoms with Gasteiger partial charge >= 0.3 is 0 Å². The quantitative estimate of drug-likeness (QED) is 0.887. The molecule has 0 aliphatic carbocycles. The van der Waals surface area contributed by atoms with E-state index >= 15 is 0 Å². The van der Waals surface area contributed by atoms with E-state index in [2.05, 4.69) is 23.2 Å². The lowest BCUT2D eigenvalue weighted by molar-refractivity contribution is 0.162. The van der Waals surface area contributed by atoms with Crippen LogP contribution in [0.1, 0.15) is 37.8 Å². The van der Waals surface area contributed by atoms with Crippen LogP contribution in [0.25, 0.3) is 0 Å². The van der Waals surface area contributed by atoms with Crippen LogP contribution >= 0.6 is 23.2 Å². The van der Waals surface area contributed by atoms with Gasteiger partial charge < -0.3 is 5.32 Å². The largest absolute Gasteiger partial charge is 0.319 e. The second-order valence-electron chi connectivity index (χ2n) is 5.53. The van der Waals surface area contributed by atoms with Crippen molar-refractivity contribution in [3.8, 4) is 0 Å². The molecule has 112 valence electrons. The van der Waals surface area contributed by atoms with Gasteiger partial charge in [0.2, 0.25) is 0 Å². The normalized spacial score (nSPS) is 24.6. The van der Waals surface area contributed by atoms with Gasteiger partial charge in [0.05, 0.1) is 10.0 Å². The van der Waals surface area contributed by atoms with Crippen LogP contribution in [0.3, 0.4) is 0 Å². The number of nitrogens with one attached hydrogen (secondary N) is 1. The Balaban J connectivity index is 2.40. The molecule has 4 heteroatoms. The lowest BCUT2D eigenvalue weighted by Crippen LogP contribution is -2.36. The minimum atomic E-state index is 0.362. The molecule has 0 spiro atoms. The van der Waals surface area contributed by atoms with E-state index < -0.39 is 0 Å². The molecule has 2 atom stereocenters. The summed E-state index contributed by atoms with van der Waals surface area (Å²) < 4.78 is 0. The average molecular weight is 315 g/mol. The third-order valence-corrected chi connectivity index (χ3v) is 5.12. The third-order valence-electron chi connectivity index (χ3n) is 4.28. The summed E-state index contributed by atoms with van der Waals surface area (Å²) in [5.74, 6) is 0.582. The molecule has 2 nitrogen and oxygen atoms in total. The van der Waals surface area contributed by atoms with E-state index in [4.69, 9.17) is 23.2 Å². The maximum Gasteiger partial charge on any atom is 0.0640 e. The van der Waals surface area contributed by atoms with Crippen LogP contribution in [0.2, 0.25) is 10.0 Å². The highest BCUT2D eigenvalue weighted by Crippen LogP contribution is 2.40. The fraction of sp³-hybridized carbons (Fsp3) is 0.625. The lowest BCUT2D eigenvalue weighted by Gasteiger charge is -2.35. The van der Waals surface area contributed by atoms with Crippen LogP contribution in [-0.2, 0) is 0 Å². The van der Waals surface area contributed by atoms with Crippen molar-refractivity contribution in [3.63, 3.8) is 0 Å². The Kier molecular flexibility index (Phi) is 6.16. The fourth-order valence-electron chi connectivity index (χ4n) is 3.35. The van der Waals surface area contributed by atoms with Gasteiger partial charge in [-0.2, -0.15) is 0 Å². The summed E-state index contributed by atoms with van der Waals surface area (Å²) in [5, 5.41) is 4.72. The molecule has 20 heavy (non-hydrogen) atoms. The smallest absolute Gasteiger partial charge is 0.0640 e. The van der Waals surface area contributed by atoms with Crippen molar-refractivity contribution in [1.29, 1.82) is 0 Å². The molecule has 2 rings (SSSR count). The van der Waals surface area contributed by atoms with Crippen LogP contribution < -0.4 is 5.32 Å². The van der Waals surface area contributed by atoms with Gasteiger partial charge in [-0.3, -0.25) is 4.90 Å². The van der Waals surface area contributed by atoms with E-state index in [-0.39, 0.29) is 0 Å². The van der Waals surface area contributed by atoms with Crippen molar-refractivity contribution in [2.45, 2.75) is 32.2 Å². The van der Waals surface area contributed by atoms with Crippen LogP contribution in [0.15, 0.2) is 18.2 Å². The monoisotopic (exact) mass is 314 g/mol. The minimum Gasteiger partial charge on any atom is -0.319 e. The molecule has 1 aromatic carbocycles. The first-order chi connectivity index (χ1) is 9.69. The fourth-order valence-corrected chi connectivity index (χ4v) is 3.77. The topological polar surface area (TPSA) is 15.3 Å². The Morgan fingerprint density at radius 3 is 2.80 bits per heavy atom. The highest BCUT2D eigenvalue weighted by Gasteiger charge is 2.31. The van der Waals surface area contributed by atoms with Crippen LogP contribution in [0, 0.1) is 5.92 Å². The molecule has 1 N–H and O–H groups in total. The lowest BCUT2D eigenvalue weighted by atomic mass is 9.89. The van der Waals surface area contributed by atoms with Crippen LogP contribution in [0.5, 0.6) is 0 Å². The second-order valence-corrected chi connectivity index (χ2v) is 6.32. The number of benzene rings is 1. The third kappa shape index (κ3) is 3.48. The van der Waals surface area contributed by atoms with E-state index in [0.29, 0.717) is 17.0 Å². The number of hydrogen-bond donors (Lipinski definition) is 1. The molecule has 0 bridgehead atoms. The molecule has 1 aliphatic rings. The average Bonchev–Trinajstić information content (AvgIpc) is 2.65. The van der Waals surface area contributed by atoms with Crippen molar-refractivity contribution < 1.29 is 0 Å². The molecule has 1 aromatic rings. The molecular weight excluding hydrogens is 291 g/mol. The molecule has 1 aliphatic heterocycles. The van der Waals surface area contributed by atoms with Gasteiger partial charge in [-0.25, -0.2) is 0 Å². The Morgan fingerprint density at radius 1 is 1.30 bits per heavy atom. The zero-order valence-corrected chi connectivity index (χ0v) is 13.8. The number of likely N-dealkylation sites (tertiary alicyclic amines) is 1. The van der Waals surface area contributed by atoms with Gasteiger partial charge in [-0.05, 0) is 57.1 Å². The number of halogens is 2. The summed E-state index contributed by atoms with van der Waals surface area (Å²) in [4.78, 5) is 2.55. The summed E-state index contributed by atoms with van der Waals surface area (Å²) in [6.45, 7) is 5.44. The van der Waals surface area contributed by atoms with E-state index in [1.54, 1.807) is 0 Å². The number of hydrogen-bond acceptors (Lipinski definition) is 2. The van der Waals surface area contributed by atoms with Crippen molar-refractivity contribution in [2.24, 2.45) is 5.92 Å². The first kappa shape index (κ1) is 16.1. The summed E-state index contributed by atoms with van der Waals surface area (Å²) in [7, 11) is 2.03. The van der Waals surface area contributed by atoms with Crippen molar-refractivity contribution in [2.75, 3.05) is 26.7 Å². The van der Waals surface area contributed by atoms with Gasteiger partial charge in [0, 0.05) is 6.04 Å². The summed E-state index contributed by atoms with van der Waals surface area (Å²) >= 11 is 12.7. The van der Waals surface area contributed by atoms with Gasteiger partial charge in [-0.15, -0.1) is 0 Å². The van der Waals surface area contributed by atoms with Crippen LogP contribution in [0.4, 0.5) is 0 Å². The molecule has 0 saturated carbocycles. The SMILES string of the molecule is CCN1CCCCC(CNC)C1c1cccc(Cl)c1Cl. The van der Waals surface area contributed by atoms with E-state index in [1.807, 2.05) is 19.2 Å².